The van der Waals surface area contributed by atoms with Crippen LogP contribution in [0.3, 0.4) is 0 Å². The molecule has 1 aromatic carbocycles. The van der Waals surface area contributed by atoms with Crippen molar-refractivity contribution in [1.82, 2.24) is 0 Å². The van der Waals surface area contributed by atoms with E-state index >= 15 is 0 Å². The lowest BCUT2D eigenvalue weighted by atomic mass is 9.93. The van der Waals surface area contributed by atoms with Crippen LogP contribution in [0.4, 0.5) is 0 Å². The lowest BCUT2D eigenvalue weighted by Gasteiger charge is -2.10. The molecule has 0 bridgehead atoms. The Hall–Kier alpha value is -2.07. The first-order valence-electron chi connectivity index (χ1n) is 5.64. The average molecular weight is 223 g/mol. The summed E-state index contributed by atoms with van der Waals surface area (Å²) in [5.74, 6) is 0. The van der Waals surface area contributed by atoms with E-state index in [9.17, 15) is 5.26 Å². The fraction of sp³-hybridized carbons (Fsp3) is 0.188. The van der Waals surface area contributed by atoms with Crippen LogP contribution < -0.4 is 0 Å². The van der Waals surface area contributed by atoms with Crippen LogP contribution in [-0.2, 0) is 19.3 Å². The van der Waals surface area contributed by atoms with Crippen LogP contribution >= 0.6 is 0 Å². The molecule has 1 aromatic rings. The third-order valence-electron chi connectivity index (χ3n) is 2.58. The van der Waals surface area contributed by atoms with Crippen molar-refractivity contribution in [3.63, 3.8) is 0 Å². The molecule has 0 atom stereocenters. The Morgan fingerprint density at radius 1 is 0.941 bits per heavy atom. The van der Waals surface area contributed by atoms with Gasteiger partial charge in [-0.1, -0.05) is 30.4 Å². The van der Waals surface area contributed by atoms with Crippen LogP contribution in [-0.4, -0.2) is 0 Å². The van der Waals surface area contributed by atoms with Crippen molar-refractivity contribution in [1.29, 1.82) is 5.26 Å². The van der Waals surface area contributed by atoms with Crippen LogP contribution in [0.2, 0.25) is 0 Å². The SMILES string of the molecule is C=CCc1cc(CC=C)c(C#N)c(CC=C)c1. The second-order valence-corrected chi connectivity index (χ2v) is 3.88. The van der Waals surface area contributed by atoms with Gasteiger partial charge in [-0.25, -0.2) is 0 Å². The van der Waals surface area contributed by atoms with Gasteiger partial charge in [-0.2, -0.15) is 5.26 Å². The molecule has 17 heavy (non-hydrogen) atoms. The van der Waals surface area contributed by atoms with Gasteiger partial charge in [0.15, 0.2) is 0 Å². The molecule has 0 saturated heterocycles. The van der Waals surface area contributed by atoms with E-state index in [-0.39, 0.29) is 0 Å². The van der Waals surface area contributed by atoms with Crippen molar-refractivity contribution in [2.24, 2.45) is 0 Å². The Morgan fingerprint density at radius 2 is 1.41 bits per heavy atom. The molecule has 1 nitrogen and oxygen atoms in total. The van der Waals surface area contributed by atoms with Crippen LogP contribution in [0.25, 0.3) is 0 Å². The molecule has 0 aromatic heterocycles. The van der Waals surface area contributed by atoms with Gasteiger partial charge >= 0.3 is 0 Å². The Morgan fingerprint density at radius 3 is 1.76 bits per heavy atom. The van der Waals surface area contributed by atoms with Gasteiger partial charge in [0.05, 0.1) is 11.6 Å². The predicted molar refractivity (Wildman–Crippen MR) is 72.9 cm³/mol. The molecule has 0 radical (unpaired) electrons. The fourth-order valence-corrected chi connectivity index (χ4v) is 1.90. The number of benzene rings is 1. The molecule has 0 spiro atoms. The summed E-state index contributed by atoms with van der Waals surface area (Å²) < 4.78 is 0. The molecule has 0 heterocycles. The molecule has 0 aliphatic rings. The van der Waals surface area contributed by atoms with Crippen LogP contribution in [0.5, 0.6) is 0 Å². The van der Waals surface area contributed by atoms with Crippen molar-refractivity contribution < 1.29 is 0 Å². The molecule has 0 unspecified atom stereocenters. The summed E-state index contributed by atoms with van der Waals surface area (Å²) in [5, 5.41) is 9.23. The van der Waals surface area contributed by atoms with Gasteiger partial charge < -0.3 is 0 Å². The topological polar surface area (TPSA) is 23.8 Å². The maximum absolute atomic E-state index is 9.23. The lowest BCUT2D eigenvalue weighted by molar-refractivity contribution is 1.13. The summed E-state index contributed by atoms with van der Waals surface area (Å²) >= 11 is 0. The zero-order valence-corrected chi connectivity index (χ0v) is 10.1. The summed E-state index contributed by atoms with van der Waals surface area (Å²) in [6, 6.07) is 6.41. The molecule has 0 aliphatic carbocycles. The van der Waals surface area contributed by atoms with Crippen LogP contribution in [0.15, 0.2) is 50.1 Å². The van der Waals surface area contributed by atoms with Crippen molar-refractivity contribution >= 4 is 0 Å². The summed E-state index contributed by atoms with van der Waals surface area (Å²) in [4.78, 5) is 0. The van der Waals surface area contributed by atoms with Crippen molar-refractivity contribution in [3.05, 3.63) is 72.4 Å². The molecular formula is C16H17N. The Balaban J connectivity index is 3.33. The molecule has 1 rings (SSSR count). The molecule has 0 aliphatic heterocycles. The summed E-state index contributed by atoms with van der Waals surface area (Å²) in [6.07, 6.45) is 7.78. The lowest BCUT2D eigenvalue weighted by Crippen LogP contribution is -1.98. The van der Waals surface area contributed by atoms with E-state index < -0.39 is 0 Å². The highest BCUT2D eigenvalue weighted by atomic mass is 14.3. The van der Waals surface area contributed by atoms with E-state index in [0.29, 0.717) is 0 Å². The minimum absolute atomic E-state index is 0.720. The summed E-state index contributed by atoms with van der Waals surface area (Å²) in [5.41, 5.74) is 4.03. The van der Waals surface area contributed by atoms with Crippen LogP contribution in [0, 0.1) is 11.3 Å². The second-order valence-electron chi connectivity index (χ2n) is 3.88. The van der Waals surface area contributed by atoms with E-state index in [1.807, 2.05) is 18.2 Å². The molecule has 0 saturated carbocycles. The molecule has 0 fully saturated rings. The number of hydrogen-bond acceptors (Lipinski definition) is 1. The number of hydrogen-bond donors (Lipinski definition) is 0. The van der Waals surface area contributed by atoms with Crippen molar-refractivity contribution in [3.8, 4) is 6.07 Å². The standard InChI is InChI=1S/C16H17N/c1-4-7-13-10-14(8-5-2)16(12-17)15(11-13)9-6-3/h4-6,10-11H,1-3,7-9H2. The van der Waals surface area contributed by atoms with Gasteiger partial charge in [0.1, 0.15) is 0 Å². The third kappa shape index (κ3) is 3.19. The molecule has 0 amide bonds. The zero-order chi connectivity index (χ0) is 12.7. The van der Waals surface area contributed by atoms with Gasteiger partial charge in [-0.15, -0.1) is 19.7 Å². The maximum atomic E-state index is 9.23. The van der Waals surface area contributed by atoms with Gasteiger partial charge in [-0.3, -0.25) is 0 Å². The summed E-state index contributed by atoms with van der Waals surface area (Å²) in [6.45, 7) is 11.2. The molecule has 86 valence electrons. The van der Waals surface area contributed by atoms with Gasteiger partial charge in [0, 0.05) is 0 Å². The molecule has 0 N–H and O–H groups in total. The normalized spacial score (nSPS) is 9.35. The van der Waals surface area contributed by atoms with E-state index in [2.05, 4.69) is 37.9 Å². The predicted octanol–water partition coefficient (Wildman–Crippen LogP) is 3.74. The van der Waals surface area contributed by atoms with E-state index in [1.165, 1.54) is 5.56 Å². The summed E-state index contributed by atoms with van der Waals surface area (Å²) in [7, 11) is 0. The van der Waals surface area contributed by atoms with Crippen molar-refractivity contribution in [2.75, 3.05) is 0 Å². The second kappa shape index (κ2) is 6.50. The Kier molecular flexibility index (Phi) is 4.97. The number of rotatable bonds is 6. The Labute approximate surface area is 103 Å². The highest BCUT2D eigenvalue weighted by Gasteiger charge is 2.08. The number of allylic oxidation sites excluding steroid dienone is 3. The first-order chi connectivity index (χ1) is 8.26. The Bertz CT molecular complexity index is 444. The van der Waals surface area contributed by atoms with Gasteiger partial charge in [0.2, 0.25) is 0 Å². The van der Waals surface area contributed by atoms with Gasteiger partial charge in [-0.05, 0) is 36.0 Å². The number of nitrogens with zero attached hydrogens (tertiary/aromatic N) is 1. The quantitative estimate of drug-likeness (QED) is 0.674. The first kappa shape index (κ1) is 13.0. The fourth-order valence-electron chi connectivity index (χ4n) is 1.90. The highest BCUT2D eigenvalue weighted by Crippen LogP contribution is 2.20. The van der Waals surface area contributed by atoms with Gasteiger partial charge in [0.25, 0.3) is 0 Å². The largest absolute Gasteiger partial charge is 0.192 e. The minimum atomic E-state index is 0.720. The van der Waals surface area contributed by atoms with E-state index in [4.69, 9.17) is 0 Å². The van der Waals surface area contributed by atoms with Crippen LogP contribution in [0.1, 0.15) is 22.3 Å². The molecule has 1 heteroatoms. The third-order valence-corrected chi connectivity index (χ3v) is 2.58. The van der Waals surface area contributed by atoms with E-state index in [1.54, 1.807) is 0 Å². The van der Waals surface area contributed by atoms with Crippen molar-refractivity contribution in [2.45, 2.75) is 19.3 Å². The number of nitriles is 1. The monoisotopic (exact) mass is 223 g/mol. The minimum Gasteiger partial charge on any atom is -0.192 e. The average Bonchev–Trinajstić information content (AvgIpc) is 2.30. The molecular weight excluding hydrogens is 206 g/mol. The highest BCUT2D eigenvalue weighted by molar-refractivity contribution is 5.48. The first-order valence-corrected chi connectivity index (χ1v) is 5.64. The zero-order valence-electron chi connectivity index (χ0n) is 10.1. The van der Waals surface area contributed by atoms with E-state index in [0.717, 1.165) is 36.0 Å². The maximum Gasteiger partial charge on any atom is 0.0997 e. The smallest absolute Gasteiger partial charge is 0.0997 e.